The summed E-state index contributed by atoms with van der Waals surface area (Å²) in [7, 11) is 1.29. The molecule has 4 aromatic rings. The topological polar surface area (TPSA) is 84.9 Å². The predicted octanol–water partition coefficient (Wildman–Crippen LogP) is 6.72. The van der Waals surface area contributed by atoms with E-state index in [2.05, 4.69) is 72.0 Å². The number of methoxy groups -OCH3 is 1. The van der Waals surface area contributed by atoms with Crippen LogP contribution in [0.3, 0.4) is 0 Å². The van der Waals surface area contributed by atoms with Gasteiger partial charge in [-0.3, -0.25) is 4.79 Å². The number of ether oxygens (including phenoxy) is 2. The number of nitrogens with one attached hydrogen (secondary N) is 1. The van der Waals surface area contributed by atoms with E-state index in [1.807, 2.05) is 18.2 Å². The quantitative estimate of drug-likeness (QED) is 0.141. The minimum atomic E-state index is -1.35. The molecule has 6 nitrogen and oxygen atoms in total. The molecular formula is C35H41NO5. The Labute approximate surface area is 242 Å². The van der Waals surface area contributed by atoms with E-state index < -0.39 is 24.1 Å². The van der Waals surface area contributed by atoms with Crippen molar-refractivity contribution in [3.8, 4) is 0 Å². The van der Waals surface area contributed by atoms with Gasteiger partial charge in [-0.1, -0.05) is 97.8 Å². The van der Waals surface area contributed by atoms with Crippen molar-refractivity contribution in [2.75, 3.05) is 20.3 Å². The molecule has 0 radical (unpaired) electrons. The lowest BCUT2D eigenvalue weighted by molar-refractivity contribution is -0.165. The fourth-order valence-electron chi connectivity index (χ4n) is 5.20. The van der Waals surface area contributed by atoms with Gasteiger partial charge in [-0.05, 0) is 71.2 Å². The normalized spacial score (nSPS) is 12.8. The number of amides is 1. The first kappa shape index (κ1) is 30.2. The molecule has 216 valence electrons. The second-order valence-corrected chi connectivity index (χ2v) is 10.6. The van der Waals surface area contributed by atoms with Gasteiger partial charge in [0.15, 0.2) is 12.2 Å². The molecule has 0 aliphatic rings. The number of rotatable bonds is 17. The van der Waals surface area contributed by atoms with Crippen molar-refractivity contribution in [1.29, 1.82) is 0 Å². The summed E-state index contributed by atoms with van der Waals surface area (Å²) in [5, 5.41) is 17.4. The molecule has 0 spiro atoms. The highest BCUT2D eigenvalue weighted by Gasteiger charge is 2.34. The summed E-state index contributed by atoms with van der Waals surface area (Å²) in [5.41, 5.74) is 2.60. The first-order valence-electron chi connectivity index (χ1n) is 14.7. The highest BCUT2D eigenvalue weighted by atomic mass is 16.6. The average Bonchev–Trinajstić information content (AvgIpc) is 2.99. The number of carbonyl (C=O) groups excluding carboxylic acids is 1. The first-order valence-corrected chi connectivity index (χ1v) is 14.7. The molecule has 0 aliphatic carbocycles. The van der Waals surface area contributed by atoms with Gasteiger partial charge in [0.1, 0.15) is 0 Å². The number of aryl methyl sites for hydroxylation is 2. The largest absolute Gasteiger partial charge is 0.479 e. The van der Waals surface area contributed by atoms with Gasteiger partial charge in [0, 0.05) is 20.3 Å². The molecule has 41 heavy (non-hydrogen) atoms. The van der Waals surface area contributed by atoms with E-state index in [0.717, 1.165) is 51.4 Å². The molecule has 6 heteroatoms. The van der Waals surface area contributed by atoms with Crippen LogP contribution >= 0.6 is 0 Å². The number of carboxylic acids is 1. The number of hydrogen-bond donors (Lipinski definition) is 2. The predicted molar refractivity (Wildman–Crippen MR) is 164 cm³/mol. The third-order valence-electron chi connectivity index (χ3n) is 7.51. The fraction of sp³-hybridized carbons (Fsp3) is 0.371. The standard InChI is InChI=1S/C35H41NO5/c1-40-33(35(38)39)32(41-23-11-3-5-13-27-19-21-29-15-7-9-17-31(29)25-27)34(37)36-22-10-2-4-12-26-18-20-28-14-6-8-16-30(28)24-26/h6-9,14-21,24-25,32-33H,2-5,10-13,22-23H2,1H3,(H,36,37)(H,38,39). The van der Waals surface area contributed by atoms with Crippen molar-refractivity contribution in [3.05, 3.63) is 96.1 Å². The zero-order valence-electron chi connectivity index (χ0n) is 23.9. The molecule has 0 aromatic heterocycles. The third-order valence-corrected chi connectivity index (χ3v) is 7.51. The van der Waals surface area contributed by atoms with Crippen LogP contribution in [0.15, 0.2) is 84.9 Å². The van der Waals surface area contributed by atoms with Crippen LogP contribution in [0.5, 0.6) is 0 Å². The van der Waals surface area contributed by atoms with Gasteiger partial charge in [0.2, 0.25) is 0 Å². The van der Waals surface area contributed by atoms with E-state index >= 15 is 0 Å². The van der Waals surface area contributed by atoms with Crippen LogP contribution in [0.4, 0.5) is 0 Å². The molecule has 4 rings (SSSR count). The van der Waals surface area contributed by atoms with Crippen LogP contribution in [0.2, 0.25) is 0 Å². The molecule has 4 aromatic carbocycles. The van der Waals surface area contributed by atoms with Crippen LogP contribution in [-0.2, 0) is 31.9 Å². The van der Waals surface area contributed by atoms with E-state index in [0.29, 0.717) is 13.2 Å². The summed E-state index contributed by atoms with van der Waals surface area (Å²) in [5.74, 6) is -1.65. The van der Waals surface area contributed by atoms with Gasteiger partial charge < -0.3 is 19.9 Å². The Balaban J connectivity index is 1.15. The van der Waals surface area contributed by atoms with Crippen molar-refractivity contribution in [2.45, 2.75) is 63.6 Å². The second-order valence-electron chi connectivity index (χ2n) is 10.6. The number of hydrogen-bond acceptors (Lipinski definition) is 4. The number of aliphatic carboxylic acids is 1. The highest BCUT2D eigenvalue weighted by molar-refractivity contribution is 5.88. The molecular weight excluding hydrogens is 514 g/mol. The van der Waals surface area contributed by atoms with Crippen molar-refractivity contribution < 1.29 is 24.2 Å². The minimum absolute atomic E-state index is 0.300. The summed E-state index contributed by atoms with van der Waals surface area (Å²) < 4.78 is 10.9. The summed E-state index contributed by atoms with van der Waals surface area (Å²) in [6, 6.07) is 29.8. The monoisotopic (exact) mass is 555 g/mol. The fourth-order valence-corrected chi connectivity index (χ4v) is 5.20. The molecule has 0 heterocycles. The Bertz CT molecular complexity index is 1420. The molecule has 0 aliphatic heterocycles. The Morgan fingerprint density at radius 1 is 0.683 bits per heavy atom. The lowest BCUT2D eigenvalue weighted by Gasteiger charge is -2.22. The lowest BCUT2D eigenvalue weighted by Crippen LogP contribution is -2.48. The maximum atomic E-state index is 12.9. The van der Waals surface area contributed by atoms with Crippen LogP contribution in [0.25, 0.3) is 21.5 Å². The van der Waals surface area contributed by atoms with E-state index in [1.165, 1.54) is 39.8 Å². The third kappa shape index (κ3) is 9.13. The van der Waals surface area contributed by atoms with Crippen LogP contribution in [0, 0.1) is 0 Å². The SMILES string of the molecule is COC(C(=O)O)C(OCCCCCc1ccc2ccccc2c1)C(=O)NCCCCCc1ccc2ccccc2c1. The summed E-state index contributed by atoms with van der Waals surface area (Å²) in [6.45, 7) is 0.771. The molecule has 0 saturated heterocycles. The number of unbranched alkanes of at least 4 members (excludes halogenated alkanes) is 4. The molecule has 0 bridgehead atoms. The Hall–Kier alpha value is -3.74. The van der Waals surface area contributed by atoms with Crippen molar-refractivity contribution in [3.63, 3.8) is 0 Å². The van der Waals surface area contributed by atoms with E-state index in [9.17, 15) is 14.7 Å². The number of carbonyl (C=O) groups is 2. The zero-order valence-corrected chi connectivity index (χ0v) is 23.9. The Kier molecular flexibility index (Phi) is 11.7. The second kappa shape index (κ2) is 15.9. The maximum Gasteiger partial charge on any atom is 0.336 e. The zero-order chi connectivity index (χ0) is 28.9. The maximum absolute atomic E-state index is 12.9. The van der Waals surface area contributed by atoms with Gasteiger partial charge in [-0.25, -0.2) is 4.79 Å². The van der Waals surface area contributed by atoms with Crippen LogP contribution < -0.4 is 5.32 Å². The Morgan fingerprint density at radius 3 is 1.76 bits per heavy atom. The number of benzene rings is 4. The molecule has 2 N–H and O–H groups in total. The molecule has 1 amide bonds. The average molecular weight is 556 g/mol. The van der Waals surface area contributed by atoms with Crippen molar-refractivity contribution in [1.82, 2.24) is 5.32 Å². The van der Waals surface area contributed by atoms with Crippen LogP contribution in [0.1, 0.15) is 49.7 Å². The molecule has 0 saturated carbocycles. The number of fused-ring (bicyclic) bond motifs is 2. The minimum Gasteiger partial charge on any atom is -0.479 e. The van der Waals surface area contributed by atoms with Gasteiger partial charge in [-0.2, -0.15) is 0 Å². The number of carboxylic acid groups (broad SMARTS) is 1. The van der Waals surface area contributed by atoms with Gasteiger partial charge >= 0.3 is 5.97 Å². The Morgan fingerprint density at radius 2 is 1.22 bits per heavy atom. The van der Waals surface area contributed by atoms with Crippen molar-refractivity contribution in [2.24, 2.45) is 0 Å². The molecule has 2 unspecified atom stereocenters. The summed E-state index contributed by atoms with van der Waals surface area (Å²) in [4.78, 5) is 24.6. The lowest BCUT2D eigenvalue weighted by atomic mass is 10.0. The first-order chi connectivity index (χ1) is 20.0. The van der Waals surface area contributed by atoms with E-state index in [4.69, 9.17) is 9.47 Å². The summed E-state index contributed by atoms with van der Waals surface area (Å²) in [6.07, 6.45) is 4.85. The van der Waals surface area contributed by atoms with Gasteiger partial charge in [0.25, 0.3) is 5.91 Å². The van der Waals surface area contributed by atoms with E-state index in [-0.39, 0.29) is 0 Å². The van der Waals surface area contributed by atoms with Gasteiger partial charge in [-0.15, -0.1) is 0 Å². The molecule has 0 fully saturated rings. The van der Waals surface area contributed by atoms with Crippen molar-refractivity contribution >= 4 is 33.4 Å². The smallest absolute Gasteiger partial charge is 0.336 e. The van der Waals surface area contributed by atoms with E-state index in [1.54, 1.807) is 0 Å². The van der Waals surface area contributed by atoms with Gasteiger partial charge in [0.05, 0.1) is 0 Å². The molecule has 2 atom stereocenters. The summed E-state index contributed by atoms with van der Waals surface area (Å²) >= 11 is 0. The highest BCUT2D eigenvalue weighted by Crippen LogP contribution is 2.19. The van der Waals surface area contributed by atoms with Crippen LogP contribution in [-0.4, -0.2) is 49.5 Å².